The van der Waals surface area contributed by atoms with Gasteiger partial charge in [-0.3, -0.25) is 4.55 Å². The Morgan fingerprint density at radius 1 is 1.55 bits per heavy atom. The average Bonchev–Trinajstić information content (AvgIpc) is 1.85. The number of halogens is 1. The van der Waals surface area contributed by atoms with E-state index in [0.717, 1.165) is 6.07 Å². The van der Waals surface area contributed by atoms with Crippen LogP contribution in [0.3, 0.4) is 0 Å². The molecule has 1 aromatic rings. The van der Waals surface area contributed by atoms with E-state index in [1.54, 1.807) is 0 Å². The monoisotopic (exact) mass is 176 g/mol. The third kappa shape index (κ3) is 2.65. The summed E-state index contributed by atoms with van der Waals surface area (Å²) in [5, 5.41) is 0. The van der Waals surface area contributed by atoms with E-state index in [2.05, 4.69) is 4.18 Å². The van der Waals surface area contributed by atoms with Gasteiger partial charge in [0.15, 0.2) is 0 Å². The standard InChI is InChI=1S/C6H5FO3S/c7-5-2-1-3-6(4-5)10-11(8)9/h1-4H,(H,8,9). The fourth-order valence-corrected chi connectivity index (χ4v) is 0.869. The van der Waals surface area contributed by atoms with E-state index in [1.165, 1.54) is 18.2 Å². The van der Waals surface area contributed by atoms with Crippen LogP contribution in [0.4, 0.5) is 4.39 Å². The molecule has 60 valence electrons. The summed E-state index contributed by atoms with van der Waals surface area (Å²) in [6.07, 6.45) is 0. The van der Waals surface area contributed by atoms with Crippen LogP contribution in [0.1, 0.15) is 0 Å². The van der Waals surface area contributed by atoms with E-state index in [0.29, 0.717) is 0 Å². The molecule has 0 spiro atoms. The first kappa shape index (κ1) is 8.16. The lowest BCUT2D eigenvalue weighted by molar-refractivity contribution is 0.456. The molecule has 1 unspecified atom stereocenters. The van der Waals surface area contributed by atoms with Gasteiger partial charge in [0.1, 0.15) is 11.6 Å². The van der Waals surface area contributed by atoms with Crippen molar-refractivity contribution in [1.29, 1.82) is 0 Å². The Morgan fingerprint density at radius 2 is 2.27 bits per heavy atom. The molecular weight excluding hydrogens is 171 g/mol. The molecule has 0 fully saturated rings. The highest BCUT2D eigenvalue weighted by Crippen LogP contribution is 2.12. The van der Waals surface area contributed by atoms with Crippen molar-refractivity contribution >= 4 is 11.4 Å². The zero-order chi connectivity index (χ0) is 8.27. The molecule has 5 heteroatoms. The van der Waals surface area contributed by atoms with Gasteiger partial charge in [0.25, 0.3) is 0 Å². The summed E-state index contributed by atoms with van der Waals surface area (Å²) in [6.45, 7) is 0. The second-order valence-electron chi connectivity index (χ2n) is 1.76. The van der Waals surface area contributed by atoms with Crippen molar-refractivity contribution in [3.05, 3.63) is 30.1 Å². The molecule has 0 aliphatic carbocycles. The smallest absolute Gasteiger partial charge is 0.357 e. The highest BCUT2D eigenvalue weighted by Gasteiger charge is 1.98. The zero-order valence-electron chi connectivity index (χ0n) is 5.36. The lowest BCUT2D eigenvalue weighted by Crippen LogP contribution is -1.97. The fourth-order valence-electron chi connectivity index (χ4n) is 0.601. The van der Waals surface area contributed by atoms with Crippen molar-refractivity contribution in [2.24, 2.45) is 0 Å². The van der Waals surface area contributed by atoms with Gasteiger partial charge in [-0.05, 0) is 12.1 Å². The highest BCUT2D eigenvalue weighted by atomic mass is 32.2. The Morgan fingerprint density at radius 3 is 2.82 bits per heavy atom. The molecule has 0 bridgehead atoms. The Hall–Kier alpha value is -0.940. The van der Waals surface area contributed by atoms with Crippen LogP contribution in [0.25, 0.3) is 0 Å². The molecule has 1 atom stereocenters. The minimum Gasteiger partial charge on any atom is -0.380 e. The minimum atomic E-state index is -2.39. The average molecular weight is 176 g/mol. The molecule has 0 saturated carbocycles. The molecule has 11 heavy (non-hydrogen) atoms. The van der Waals surface area contributed by atoms with Gasteiger partial charge in [-0.15, -0.1) is 0 Å². The molecule has 0 radical (unpaired) electrons. The first-order chi connectivity index (χ1) is 5.18. The maximum Gasteiger partial charge on any atom is 0.357 e. The van der Waals surface area contributed by atoms with Gasteiger partial charge in [0, 0.05) is 6.07 Å². The van der Waals surface area contributed by atoms with Gasteiger partial charge in [-0.1, -0.05) is 6.07 Å². The number of hydrogen-bond acceptors (Lipinski definition) is 2. The van der Waals surface area contributed by atoms with E-state index in [-0.39, 0.29) is 5.75 Å². The van der Waals surface area contributed by atoms with Crippen LogP contribution in [-0.4, -0.2) is 8.76 Å². The van der Waals surface area contributed by atoms with E-state index < -0.39 is 17.2 Å². The van der Waals surface area contributed by atoms with Gasteiger partial charge in [-0.25, -0.2) is 4.39 Å². The summed E-state index contributed by atoms with van der Waals surface area (Å²) in [6, 6.07) is 5.01. The van der Waals surface area contributed by atoms with Crippen molar-refractivity contribution < 1.29 is 17.3 Å². The Kier molecular flexibility index (Phi) is 2.56. The predicted octanol–water partition coefficient (Wildman–Crippen LogP) is 1.34. The van der Waals surface area contributed by atoms with Crippen molar-refractivity contribution in [3.63, 3.8) is 0 Å². The van der Waals surface area contributed by atoms with Crippen molar-refractivity contribution in [1.82, 2.24) is 0 Å². The third-order valence-electron chi connectivity index (χ3n) is 0.964. The van der Waals surface area contributed by atoms with Gasteiger partial charge in [0.05, 0.1) is 0 Å². The number of benzene rings is 1. The number of hydrogen-bond donors (Lipinski definition) is 1. The lowest BCUT2D eigenvalue weighted by atomic mass is 10.3. The van der Waals surface area contributed by atoms with Gasteiger partial charge in [-0.2, -0.15) is 4.21 Å². The second kappa shape index (κ2) is 3.45. The zero-order valence-corrected chi connectivity index (χ0v) is 6.18. The van der Waals surface area contributed by atoms with Crippen LogP contribution in [0.15, 0.2) is 24.3 Å². The molecule has 0 aliphatic heterocycles. The van der Waals surface area contributed by atoms with Gasteiger partial charge < -0.3 is 4.18 Å². The highest BCUT2D eigenvalue weighted by molar-refractivity contribution is 7.74. The van der Waals surface area contributed by atoms with E-state index in [9.17, 15) is 8.60 Å². The van der Waals surface area contributed by atoms with E-state index in [4.69, 9.17) is 4.55 Å². The second-order valence-corrected chi connectivity index (χ2v) is 2.36. The minimum absolute atomic E-state index is 0.0332. The van der Waals surface area contributed by atoms with Crippen LogP contribution in [-0.2, 0) is 11.4 Å². The topological polar surface area (TPSA) is 46.5 Å². The quantitative estimate of drug-likeness (QED) is 0.691. The molecular formula is C6H5FO3S. The predicted molar refractivity (Wildman–Crippen MR) is 37.8 cm³/mol. The SMILES string of the molecule is O=S(O)Oc1cccc(F)c1. The molecule has 1 rings (SSSR count). The third-order valence-corrected chi connectivity index (χ3v) is 1.30. The molecule has 1 N–H and O–H groups in total. The summed E-state index contributed by atoms with van der Waals surface area (Å²) >= 11 is -2.39. The summed E-state index contributed by atoms with van der Waals surface area (Å²) in [7, 11) is 0. The van der Waals surface area contributed by atoms with Crippen LogP contribution in [0, 0.1) is 5.82 Å². The maximum atomic E-state index is 12.4. The molecule has 0 saturated heterocycles. The van der Waals surface area contributed by atoms with Gasteiger partial charge >= 0.3 is 11.4 Å². The van der Waals surface area contributed by atoms with Crippen LogP contribution in [0.5, 0.6) is 5.75 Å². The Bertz CT molecular complexity index is 276. The van der Waals surface area contributed by atoms with Crippen molar-refractivity contribution in [2.75, 3.05) is 0 Å². The van der Waals surface area contributed by atoms with Crippen LogP contribution >= 0.6 is 0 Å². The Labute approximate surface area is 65.3 Å². The fraction of sp³-hybridized carbons (Fsp3) is 0. The normalized spacial score (nSPS) is 12.5. The molecule has 0 amide bonds. The van der Waals surface area contributed by atoms with Gasteiger partial charge in [0.2, 0.25) is 0 Å². The molecule has 3 nitrogen and oxygen atoms in total. The first-order valence-corrected chi connectivity index (χ1v) is 3.76. The van der Waals surface area contributed by atoms with Crippen molar-refractivity contribution in [2.45, 2.75) is 0 Å². The Balaban J connectivity index is 2.79. The lowest BCUT2D eigenvalue weighted by Gasteiger charge is -1.97. The summed E-state index contributed by atoms with van der Waals surface area (Å²) in [5.41, 5.74) is 0. The van der Waals surface area contributed by atoms with E-state index in [1.807, 2.05) is 0 Å². The molecule has 0 heterocycles. The summed E-state index contributed by atoms with van der Waals surface area (Å²) in [4.78, 5) is 0. The van der Waals surface area contributed by atoms with Crippen molar-refractivity contribution in [3.8, 4) is 5.75 Å². The first-order valence-electron chi connectivity index (χ1n) is 2.73. The molecule has 1 aromatic carbocycles. The number of rotatable bonds is 2. The van der Waals surface area contributed by atoms with E-state index >= 15 is 0 Å². The van der Waals surface area contributed by atoms with Crippen LogP contribution < -0.4 is 4.18 Å². The molecule has 0 aromatic heterocycles. The summed E-state index contributed by atoms with van der Waals surface area (Å²) < 4.78 is 34.9. The largest absolute Gasteiger partial charge is 0.380 e. The molecule has 0 aliphatic rings. The maximum absolute atomic E-state index is 12.4. The van der Waals surface area contributed by atoms with Crippen LogP contribution in [0.2, 0.25) is 0 Å². The summed E-state index contributed by atoms with van der Waals surface area (Å²) in [5.74, 6) is -0.473.